The third kappa shape index (κ3) is 4.52. The Hall–Kier alpha value is -4.06. The Labute approximate surface area is 203 Å². The van der Waals surface area contributed by atoms with Gasteiger partial charge in [-0.25, -0.2) is 4.90 Å². The first-order valence-corrected chi connectivity index (χ1v) is 11.8. The van der Waals surface area contributed by atoms with E-state index in [1.165, 1.54) is 53.4 Å². The van der Waals surface area contributed by atoms with Crippen molar-refractivity contribution in [1.82, 2.24) is 10.1 Å². The van der Waals surface area contributed by atoms with Crippen LogP contribution in [0.2, 0.25) is 0 Å². The molecule has 0 radical (unpaired) electrons. The molecule has 1 aliphatic heterocycles. The maximum Gasteiger partial charge on any atom is 0.325 e. The fourth-order valence-electron chi connectivity index (χ4n) is 3.96. The number of amides is 1. The summed E-state index contributed by atoms with van der Waals surface area (Å²) in [4.78, 5) is 53.3. The smallest absolute Gasteiger partial charge is 0.325 e. The van der Waals surface area contributed by atoms with Crippen LogP contribution in [0.5, 0.6) is 5.75 Å². The minimum atomic E-state index is -1.13. The maximum atomic E-state index is 13.3. The summed E-state index contributed by atoms with van der Waals surface area (Å²) in [7, 11) is 0. The van der Waals surface area contributed by atoms with Crippen molar-refractivity contribution < 1.29 is 23.9 Å². The van der Waals surface area contributed by atoms with E-state index < -0.39 is 28.5 Å². The van der Waals surface area contributed by atoms with Gasteiger partial charge < -0.3 is 4.74 Å². The summed E-state index contributed by atoms with van der Waals surface area (Å²) in [6.07, 6.45) is -0.293. The lowest BCUT2D eigenvalue weighted by molar-refractivity contribution is -0.763. The summed E-state index contributed by atoms with van der Waals surface area (Å²) in [6.45, 7) is 4.54. The Balaban J connectivity index is 2.09. The minimum Gasteiger partial charge on any atom is -0.426 e. The Morgan fingerprint density at radius 3 is 2.66 bits per heavy atom. The molecule has 2 heterocycles. The quantitative estimate of drug-likeness (QED) is 0.137. The number of nitrogens with one attached hydrogen (secondary N) is 1. The van der Waals surface area contributed by atoms with Crippen LogP contribution in [0.4, 0.5) is 11.4 Å². The first-order chi connectivity index (χ1) is 16.7. The summed E-state index contributed by atoms with van der Waals surface area (Å²) < 4.78 is 6.73. The zero-order chi connectivity index (χ0) is 25.3. The number of nitro groups is 1. The first kappa shape index (κ1) is 24.1. The van der Waals surface area contributed by atoms with E-state index in [1.807, 2.05) is 6.92 Å². The molecule has 11 nitrogen and oxygen atoms in total. The van der Waals surface area contributed by atoms with Crippen molar-refractivity contribution in [2.24, 2.45) is 0 Å². The number of fused-ring (bicyclic) bond motifs is 3. The molecule has 0 fully saturated rings. The molecule has 12 heteroatoms. The number of hydrogen-bond donors (Lipinski definition) is 1. The van der Waals surface area contributed by atoms with Gasteiger partial charge in [0.1, 0.15) is 5.75 Å². The second kappa shape index (κ2) is 9.66. The number of para-hydroxylation sites is 1. The zero-order valence-electron chi connectivity index (χ0n) is 19.2. The molecule has 0 spiro atoms. The molecule has 180 valence electrons. The van der Waals surface area contributed by atoms with Gasteiger partial charge >= 0.3 is 17.2 Å². The van der Waals surface area contributed by atoms with Crippen molar-refractivity contribution in [3.05, 3.63) is 68.5 Å². The second-order valence-corrected chi connectivity index (χ2v) is 8.84. The van der Waals surface area contributed by atoms with Crippen LogP contribution in [0.25, 0.3) is 11.3 Å². The van der Waals surface area contributed by atoms with Crippen LogP contribution in [0.15, 0.2) is 52.4 Å². The van der Waals surface area contributed by atoms with Gasteiger partial charge in [0, 0.05) is 36.8 Å². The predicted octanol–water partition coefficient (Wildman–Crippen LogP) is 2.97. The number of benzene rings is 2. The van der Waals surface area contributed by atoms with Gasteiger partial charge in [0.05, 0.1) is 21.7 Å². The molecule has 3 aromatic rings. The molecule has 0 unspecified atom stereocenters. The molecule has 4 rings (SSSR count). The lowest BCUT2D eigenvalue weighted by atomic mass is 10.0. The number of nitrogens with zero attached hydrogens (tertiary/aromatic N) is 4. The van der Waals surface area contributed by atoms with E-state index in [-0.39, 0.29) is 22.7 Å². The van der Waals surface area contributed by atoms with Crippen LogP contribution in [0.1, 0.15) is 38.9 Å². The molecule has 0 saturated heterocycles. The molecule has 0 aliphatic carbocycles. The zero-order valence-corrected chi connectivity index (χ0v) is 20.0. The van der Waals surface area contributed by atoms with Crippen molar-refractivity contribution in [3.8, 4) is 17.0 Å². The van der Waals surface area contributed by atoms with Crippen LogP contribution in [-0.4, -0.2) is 32.6 Å². The average molecular weight is 497 g/mol. The monoisotopic (exact) mass is 496 g/mol. The van der Waals surface area contributed by atoms with Crippen molar-refractivity contribution in [2.45, 2.75) is 38.5 Å². The van der Waals surface area contributed by atoms with E-state index in [0.717, 1.165) is 6.42 Å². The van der Waals surface area contributed by atoms with Crippen LogP contribution in [0, 0.1) is 10.1 Å². The summed E-state index contributed by atoms with van der Waals surface area (Å²) in [5.41, 5.74) is 0.495. The highest BCUT2D eigenvalue weighted by molar-refractivity contribution is 7.99. The van der Waals surface area contributed by atoms with Gasteiger partial charge in [-0.2, -0.15) is 0 Å². The fraction of sp³-hybridized carbons (Fsp3) is 0.261. The number of rotatable bonds is 6. The van der Waals surface area contributed by atoms with E-state index in [0.29, 0.717) is 22.2 Å². The number of anilines is 1. The standard InChI is InChI=1S/C23H21N5O6S/c1-4-11-35-23-24-21(31)20-16-7-5-6-8-18(16)26(13(2)29)22(27(20)25-23)17-12-15(28(32)33)9-10-19(17)34-14(3)30/h5-10,12,22H,4,11H2,1-3H3/p+1/t22-/m1/s1. The van der Waals surface area contributed by atoms with Gasteiger partial charge in [0.25, 0.3) is 11.9 Å². The summed E-state index contributed by atoms with van der Waals surface area (Å²) in [6, 6.07) is 10.6. The average Bonchev–Trinajstić information content (AvgIpc) is 2.81. The number of aromatic amines is 1. The Morgan fingerprint density at radius 1 is 1.26 bits per heavy atom. The lowest BCUT2D eigenvalue weighted by Gasteiger charge is -2.31. The van der Waals surface area contributed by atoms with E-state index in [9.17, 15) is 24.5 Å². The van der Waals surface area contributed by atoms with Crippen molar-refractivity contribution in [3.63, 3.8) is 0 Å². The lowest BCUT2D eigenvalue weighted by Crippen LogP contribution is -2.60. The number of carbonyl (C=O) groups is 2. The molecule has 0 saturated carbocycles. The van der Waals surface area contributed by atoms with Crippen LogP contribution < -0.4 is 19.9 Å². The summed E-state index contributed by atoms with van der Waals surface area (Å²) >= 11 is 1.33. The Kier molecular flexibility index (Phi) is 6.65. The molecule has 1 aliphatic rings. The molecule has 0 bridgehead atoms. The van der Waals surface area contributed by atoms with Crippen LogP contribution >= 0.6 is 11.8 Å². The number of esters is 1. The van der Waals surface area contributed by atoms with E-state index in [4.69, 9.17) is 4.74 Å². The SMILES string of the molecule is CCCSc1n[n+]2c(c(=O)[nH]1)-c1ccccc1N(C(C)=O)[C@H]2c1cc([N+](=O)[O-])ccc1OC(C)=O. The third-order valence-corrected chi connectivity index (χ3v) is 6.35. The second-order valence-electron chi connectivity index (χ2n) is 7.75. The molecule has 2 aromatic carbocycles. The highest BCUT2D eigenvalue weighted by atomic mass is 32.2. The number of H-pyrrole nitrogens is 1. The topological polar surface area (TPSA) is 139 Å². The van der Waals surface area contributed by atoms with E-state index in [2.05, 4.69) is 10.1 Å². The van der Waals surface area contributed by atoms with E-state index >= 15 is 0 Å². The van der Waals surface area contributed by atoms with Crippen molar-refractivity contribution >= 4 is 35.0 Å². The fourth-order valence-corrected chi connectivity index (χ4v) is 4.66. The number of nitro benzene ring substituents is 1. The Bertz CT molecular complexity index is 1410. The molecule has 1 atom stereocenters. The van der Waals surface area contributed by atoms with Gasteiger partial charge in [-0.05, 0) is 29.3 Å². The first-order valence-electron chi connectivity index (χ1n) is 10.8. The van der Waals surface area contributed by atoms with Gasteiger partial charge in [-0.3, -0.25) is 29.5 Å². The summed E-state index contributed by atoms with van der Waals surface area (Å²) in [5.74, 6) is -0.336. The van der Waals surface area contributed by atoms with Gasteiger partial charge in [0.15, 0.2) is 0 Å². The van der Waals surface area contributed by atoms with Gasteiger partial charge in [-0.1, -0.05) is 30.8 Å². The van der Waals surface area contributed by atoms with Crippen molar-refractivity contribution in [2.75, 3.05) is 10.7 Å². The molecule has 1 amide bonds. The van der Waals surface area contributed by atoms with Crippen molar-refractivity contribution in [1.29, 1.82) is 0 Å². The van der Waals surface area contributed by atoms with Gasteiger partial charge in [0.2, 0.25) is 11.1 Å². The maximum absolute atomic E-state index is 13.3. The molecule has 35 heavy (non-hydrogen) atoms. The predicted molar refractivity (Wildman–Crippen MR) is 127 cm³/mol. The number of hydrogen-bond acceptors (Lipinski definition) is 8. The third-order valence-electron chi connectivity index (χ3n) is 5.28. The highest BCUT2D eigenvalue weighted by Crippen LogP contribution is 2.40. The molecule has 1 aromatic heterocycles. The number of thioether (sulfide) groups is 1. The van der Waals surface area contributed by atoms with E-state index in [1.54, 1.807) is 24.3 Å². The number of ether oxygens (including phenoxy) is 1. The normalized spacial score (nSPS) is 14.1. The Morgan fingerprint density at radius 2 is 2.00 bits per heavy atom. The molecule has 1 N–H and O–H groups in total. The minimum absolute atomic E-state index is 0.0158. The number of non-ortho nitro benzene ring substituents is 1. The number of aromatic nitrogens is 3. The van der Waals surface area contributed by atoms with Crippen LogP contribution in [-0.2, 0) is 9.59 Å². The number of carbonyl (C=O) groups excluding carboxylic acids is 2. The highest BCUT2D eigenvalue weighted by Gasteiger charge is 2.46. The summed E-state index contributed by atoms with van der Waals surface area (Å²) in [5, 5.41) is 16.5. The molecular weight excluding hydrogens is 474 g/mol. The largest absolute Gasteiger partial charge is 0.426 e. The molecular formula is C23H22N5O6S+. The van der Waals surface area contributed by atoms with Gasteiger partial charge in [-0.15, -0.1) is 0 Å². The van der Waals surface area contributed by atoms with Crippen LogP contribution in [0.3, 0.4) is 0 Å².